The molecule has 1 saturated heterocycles. The highest BCUT2D eigenvalue weighted by atomic mass is 32.2. The molecule has 1 fully saturated rings. The minimum atomic E-state index is -3.09. The number of hydrogen-bond acceptors (Lipinski definition) is 4. The highest BCUT2D eigenvalue weighted by Gasteiger charge is 2.15. The first-order valence-electron chi connectivity index (χ1n) is 7.47. The molecule has 0 bridgehead atoms. The lowest BCUT2D eigenvalue weighted by molar-refractivity contribution is 0.408. The molecule has 3 N–H and O–H groups in total. The molecule has 1 aliphatic heterocycles. The van der Waals surface area contributed by atoms with E-state index in [0.29, 0.717) is 25.2 Å². The second-order valence-electron chi connectivity index (χ2n) is 5.41. The molecule has 0 aromatic carbocycles. The molecule has 0 amide bonds. The molecule has 0 aromatic rings. The van der Waals surface area contributed by atoms with Gasteiger partial charge in [0.05, 0.1) is 5.75 Å². The van der Waals surface area contributed by atoms with E-state index in [2.05, 4.69) is 22.3 Å². The molecule has 2 atom stereocenters. The maximum Gasteiger partial charge on any atom is 0.212 e. The third kappa shape index (κ3) is 7.87. The van der Waals surface area contributed by atoms with Gasteiger partial charge in [0, 0.05) is 25.2 Å². The molecule has 0 radical (unpaired) electrons. The fourth-order valence-corrected chi connectivity index (χ4v) is 3.51. The summed E-state index contributed by atoms with van der Waals surface area (Å²) in [5, 5.41) is 6.87. The van der Waals surface area contributed by atoms with Gasteiger partial charge in [-0.05, 0) is 32.7 Å². The van der Waals surface area contributed by atoms with Crippen molar-refractivity contribution in [3.05, 3.63) is 0 Å². The Hall–Kier alpha value is -0.170. The van der Waals surface area contributed by atoms with Crippen LogP contribution in [0.4, 0.5) is 0 Å². The predicted molar refractivity (Wildman–Crippen MR) is 79.8 cm³/mol. The average molecular weight is 291 g/mol. The number of hydrogen-bond donors (Lipinski definition) is 3. The highest BCUT2D eigenvalue weighted by Crippen LogP contribution is 2.12. The van der Waals surface area contributed by atoms with Crippen molar-refractivity contribution in [1.82, 2.24) is 15.4 Å². The van der Waals surface area contributed by atoms with Crippen molar-refractivity contribution in [3.8, 4) is 0 Å². The van der Waals surface area contributed by atoms with E-state index in [1.54, 1.807) is 6.92 Å². The molecule has 5 nitrogen and oxygen atoms in total. The SMILES string of the molecule is CCNS(=O)(=O)CCNC(C)CC1CCCCCN1. The van der Waals surface area contributed by atoms with E-state index >= 15 is 0 Å². The summed E-state index contributed by atoms with van der Waals surface area (Å²) in [5.74, 6) is 0.156. The fraction of sp³-hybridized carbons (Fsp3) is 1.00. The van der Waals surface area contributed by atoms with Crippen LogP contribution < -0.4 is 15.4 Å². The largest absolute Gasteiger partial charge is 0.314 e. The first-order chi connectivity index (χ1) is 9.03. The minimum absolute atomic E-state index is 0.156. The van der Waals surface area contributed by atoms with E-state index in [0.717, 1.165) is 13.0 Å². The Labute approximate surface area is 118 Å². The zero-order chi connectivity index (χ0) is 14.1. The van der Waals surface area contributed by atoms with Gasteiger partial charge in [0.25, 0.3) is 0 Å². The third-order valence-corrected chi connectivity index (χ3v) is 5.00. The predicted octanol–water partition coefficient (Wildman–Crippen LogP) is 0.826. The maximum absolute atomic E-state index is 11.5. The molecule has 1 heterocycles. The van der Waals surface area contributed by atoms with Crippen molar-refractivity contribution in [2.24, 2.45) is 0 Å². The summed E-state index contributed by atoms with van der Waals surface area (Å²) in [6.45, 7) is 6.02. The van der Waals surface area contributed by atoms with Crippen LogP contribution in [0.5, 0.6) is 0 Å². The monoisotopic (exact) mass is 291 g/mol. The van der Waals surface area contributed by atoms with Crippen LogP contribution in [0.15, 0.2) is 0 Å². The van der Waals surface area contributed by atoms with Crippen LogP contribution in [0.25, 0.3) is 0 Å². The second kappa shape index (κ2) is 8.89. The van der Waals surface area contributed by atoms with Crippen LogP contribution in [0.1, 0.15) is 46.0 Å². The minimum Gasteiger partial charge on any atom is -0.314 e. The quantitative estimate of drug-likeness (QED) is 0.619. The van der Waals surface area contributed by atoms with E-state index in [1.165, 1.54) is 25.7 Å². The number of rotatable bonds is 8. The molecule has 0 aromatic heterocycles. The molecular weight excluding hydrogens is 262 g/mol. The first-order valence-corrected chi connectivity index (χ1v) is 9.13. The van der Waals surface area contributed by atoms with Gasteiger partial charge >= 0.3 is 0 Å². The van der Waals surface area contributed by atoms with Gasteiger partial charge < -0.3 is 10.6 Å². The van der Waals surface area contributed by atoms with Gasteiger partial charge in [0.2, 0.25) is 10.0 Å². The van der Waals surface area contributed by atoms with Gasteiger partial charge in [-0.25, -0.2) is 13.1 Å². The number of nitrogens with one attached hydrogen (secondary N) is 3. The summed E-state index contributed by atoms with van der Waals surface area (Å²) >= 11 is 0. The molecule has 0 spiro atoms. The summed E-state index contributed by atoms with van der Waals surface area (Å²) in [5.41, 5.74) is 0. The lowest BCUT2D eigenvalue weighted by Gasteiger charge is -2.21. The highest BCUT2D eigenvalue weighted by molar-refractivity contribution is 7.89. The normalized spacial score (nSPS) is 22.9. The summed E-state index contributed by atoms with van der Waals surface area (Å²) in [6, 6.07) is 0.933. The van der Waals surface area contributed by atoms with Gasteiger partial charge in [-0.2, -0.15) is 0 Å². The first kappa shape index (κ1) is 16.9. The Morgan fingerprint density at radius 1 is 1.32 bits per heavy atom. The molecule has 19 heavy (non-hydrogen) atoms. The molecule has 1 aliphatic rings. The molecular formula is C13H29N3O2S. The van der Waals surface area contributed by atoms with Crippen molar-refractivity contribution in [2.45, 2.75) is 58.0 Å². The fourth-order valence-electron chi connectivity index (χ4n) is 2.54. The van der Waals surface area contributed by atoms with Crippen LogP contribution in [-0.4, -0.2) is 45.9 Å². The Morgan fingerprint density at radius 3 is 2.84 bits per heavy atom. The van der Waals surface area contributed by atoms with Crippen LogP contribution >= 0.6 is 0 Å². The van der Waals surface area contributed by atoms with E-state index in [1.807, 2.05) is 0 Å². The summed E-state index contributed by atoms with van der Waals surface area (Å²) < 4.78 is 25.5. The van der Waals surface area contributed by atoms with Gasteiger partial charge in [-0.1, -0.05) is 19.8 Å². The van der Waals surface area contributed by atoms with Crippen molar-refractivity contribution in [3.63, 3.8) is 0 Å². The smallest absolute Gasteiger partial charge is 0.212 e. The Kier molecular flexibility index (Phi) is 7.90. The number of sulfonamides is 1. The molecule has 6 heteroatoms. The van der Waals surface area contributed by atoms with E-state index in [9.17, 15) is 8.42 Å². The summed E-state index contributed by atoms with van der Waals surface area (Å²) in [7, 11) is -3.09. The molecule has 0 saturated carbocycles. The van der Waals surface area contributed by atoms with Crippen LogP contribution in [0.3, 0.4) is 0 Å². The van der Waals surface area contributed by atoms with Gasteiger partial charge in [0.15, 0.2) is 0 Å². The van der Waals surface area contributed by atoms with Gasteiger partial charge in [0.1, 0.15) is 0 Å². The lowest BCUT2D eigenvalue weighted by Crippen LogP contribution is -2.39. The molecule has 0 aliphatic carbocycles. The van der Waals surface area contributed by atoms with Crippen LogP contribution in [0, 0.1) is 0 Å². The third-order valence-electron chi connectivity index (χ3n) is 3.53. The van der Waals surface area contributed by atoms with Crippen molar-refractivity contribution in [2.75, 3.05) is 25.4 Å². The van der Waals surface area contributed by atoms with Crippen LogP contribution in [0.2, 0.25) is 0 Å². The average Bonchev–Trinajstić information content (AvgIpc) is 2.57. The van der Waals surface area contributed by atoms with Crippen molar-refractivity contribution >= 4 is 10.0 Å². The Bertz CT molecular complexity index is 325. The van der Waals surface area contributed by atoms with E-state index in [4.69, 9.17) is 0 Å². The van der Waals surface area contributed by atoms with E-state index < -0.39 is 10.0 Å². The van der Waals surface area contributed by atoms with Crippen molar-refractivity contribution in [1.29, 1.82) is 0 Å². The standard InChI is InChI=1S/C13H29N3O2S/c1-3-16-19(17,18)10-9-14-12(2)11-13-7-5-4-6-8-15-13/h12-16H,3-11H2,1-2H3. The molecule has 1 rings (SSSR count). The van der Waals surface area contributed by atoms with Crippen molar-refractivity contribution < 1.29 is 8.42 Å². The maximum atomic E-state index is 11.5. The topological polar surface area (TPSA) is 70.2 Å². The van der Waals surface area contributed by atoms with Gasteiger partial charge in [-0.15, -0.1) is 0 Å². The van der Waals surface area contributed by atoms with Gasteiger partial charge in [-0.3, -0.25) is 0 Å². The summed E-state index contributed by atoms with van der Waals surface area (Å²) in [6.07, 6.45) is 6.22. The molecule has 2 unspecified atom stereocenters. The summed E-state index contributed by atoms with van der Waals surface area (Å²) in [4.78, 5) is 0. The zero-order valence-electron chi connectivity index (χ0n) is 12.2. The second-order valence-corrected chi connectivity index (χ2v) is 7.33. The Balaban J connectivity index is 2.18. The van der Waals surface area contributed by atoms with E-state index in [-0.39, 0.29) is 5.75 Å². The molecule has 114 valence electrons. The lowest BCUT2D eigenvalue weighted by atomic mass is 10.0. The Morgan fingerprint density at radius 2 is 2.11 bits per heavy atom. The zero-order valence-corrected chi connectivity index (χ0v) is 13.1. The van der Waals surface area contributed by atoms with Crippen LogP contribution in [-0.2, 0) is 10.0 Å².